The van der Waals surface area contributed by atoms with Crippen molar-refractivity contribution in [2.75, 3.05) is 0 Å². The lowest BCUT2D eigenvalue weighted by molar-refractivity contribution is 0.0945. The van der Waals surface area contributed by atoms with E-state index in [1.165, 1.54) is 6.07 Å². The lowest BCUT2D eigenvalue weighted by atomic mass is 10.1. The smallest absolute Gasteiger partial charge is 0.251 e. The molecule has 24 heavy (non-hydrogen) atoms. The topological polar surface area (TPSA) is 68.0 Å². The Hall–Kier alpha value is -3.09. The zero-order chi connectivity index (χ0) is 17.1. The number of nitrogens with zero attached hydrogens (tertiary/aromatic N) is 2. The Kier molecular flexibility index (Phi) is 4.33. The summed E-state index contributed by atoms with van der Waals surface area (Å²) in [5, 5.41) is 6.39. The van der Waals surface area contributed by atoms with Crippen LogP contribution in [0.4, 0.5) is 8.78 Å². The minimum absolute atomic E-state index is 0.00698. The normalized spacial score (nSPS) is 10.6. The third-order valence-electron chi connectivity index (χ3n) is 3.44. The third kappa shape index (κ3) is 3.29. The summed E-state index contributed by atoms with van der Waals surface area (Å²) in [5.74, 6) is -2.02. The maximum atomic E-state index is 13.1. The van der Waals surface area contributed by atoms with Gasteiger partial charge in [-0.1, -0.05) is 29.4 Å². The molecule has 2 aromatic carbocycles. The fraction of sp³-hybridized carbons (Fsp3) is 0.118. The van der Waals surface area contributed by atoms with E-state index in [-0.39, 0.29) is 18.0 Å². The molecule has 0 radical (unpaired) electrons. The Morgan fingerprint density at radius 1 is 1.17 bits per heavy atom. The predicted octanol–water partition coefficient (Wildman–Crippen LogP) is 3.25. The van der Waals surface area contributed by atoms with E-state index >= 15 is 0 Å². The second-order valence-electron chi connectivity index (χ2n) is 5.14. The highest BCUT2D eigenvalue weighted by Crippen LogP contribution is 2.19. The van der Waals surface area contributed by atoms with Gasteiger partial charge in [0, 0.05) is 11.1 Å². The molecule has 0 fully saturated rings. The van der Waals surface area contributed by atoms with E-state index in [4.69, 9.17) is 4.52 Å². The molecular weight excluding hydrogens is 316 g/mol. The Labute approximate surface area is 136 Å². The monoisotopic (exact) mass is 329 g/mol. The van der Waals surface area contributed by atoms with Crippen LogP contribution in [-0.2, 0) is 6.54 Å². The number of benzene rings is 2. The van der Waals surface area contributed by atoms with Crippen molar-refractivity contribution < 1.29 is 18.1 Å². The zero-order valence-electron chi connectivity index (χ0n) is 12.7. The first kappa shape index (κ1) is 15.8. The quantitative estimate of drug-likeness (QED) is 0.798. The van der Waals surface area contributed by atoms with Crippen LogP contribution < -0.4 is 5.32 Å². The second-order valence-corrected chi connectivity index (χ2v) is 5.14. The van der Waals surface area contributed by atoms with Gasteiger partial charge in [0.15, 0.2) is 11.6 Å². The van der Waals surface area contributed by atoms with Gasteiger partial charge < -0.3 is 9.84 Å². The molecule has 1 amide bonds. The molecule has 1 aromatic heterocycles. The Bertz CT molecular complexity index is 893. The molecule has 0 spiro atoms. The number of rotatable bonds is 4. The van der Waals surface area contributed by atoms with Crippen LogP contribution in [0.5, 0.6) is 0 Å². The van der Waals surface area contributed by atoms with Gasteiger partial charge in [0.25, 0.3) is 5.91 Å². The fourth-order valence-electron chi connectivity index (χ4n) is 2.16. The Balaban J connectivity index is 1.68. The van der Waals surface area contributed by atoms with Gasteiger partial charge in [-0.3, -0.25) is 4.79 Å². The van der Waals surface area contributed by atoms with Crippen LogP contribution in [0.15, 0.2) is 47.0 Å². The van der Waals surface area contributed by atoms with Crippen molar-refractivity contribution >= 4 is 5.91 Å². The summed E-state index contributed by atoms with van der Waals surface area (Å²) < 4.78 is 31.1. The maximum absolute atomic E-state index is 13.1. The number of amides is 1. The number of aromatic nitrogens is 2. The molecule has 1 heterocycles. The standard InChI is InChI=1S/C17H13F2N3O2/c1-10-4-2-3-5-12(10)16-21-15(24-22-16)9-20-17(23)11-6-7-13(18)14(19)8-11/h2-8H,9H2,1H3,(H,20,23). The van der Waals surface area contributed by atoms with Crippen LogP contribution >= 0.6 is 0 Å². The minimum Gasteiger partial charge on any atom is -0.343 e. The predicted molar refractivity (Wildman–Crippen MR) is 82.0 cm³/mol. The summed E-state index contributed by atoms with van der Waals surface area (Å²) >= 11 is 0. The van der Waals surface area contributed by atoms with E-state index in [0.29, 0.717) is 5.82 Å². The molecule has 3 rings (SSSR count). The van der Waals surface area contributed by atoms with E-state index in [9.17, 15) is 13.6 Å². The largest absolute Gasteiger partial charge is 0.343 e. The van der Waals surface area contributed by atoms with Crippen LogP contribution in [-0.4, -0.2) is 16.0 Å². The molecule has 1 N–H and O–H groups in total. The van der Waals surface area contributed by atoms with Crippen molar-refractivity contribution in [3.63, 3.8) is 0 Å². The first-order chi connectivity index (χ1) is 11.5. The molecular formula is C17H13F2N3O2. The average molecular weight is 329 g/mol. The summed E-state index contributed by atoms with van der Waals surface area (Å²) in [6.45, 7) is 1.91. The summed E-state index contributed by atoms with van der Waals surface area (Å²) in [5.41, 5.74) is 1.84. The lowest BCUT2D eigenvalue weighted by Crippen LogP contribution is -2.23. The molecule has 0 bridgehead atoms. The van der Waals surface area contributed by atoms with Gasteiger partial charge in [-0.15, -0.1) is 0 Å². The SMILES string of the molecule is Cc1ccccc1-c1noc(CNC(=O)c2ccc(F)c(F)c2)n1. The molecule has 0 saturated heterocycles. The van der Waals surface area contributed by atoms with Gasteiger partial charge >= 0.3 is 0 Å². The highest BCUT2D eigenvalue weighted by atomic mass is 19.2. The highest BCUT2D eigenvalue weighted by molar-refractivity contribution is 5.94. The number of nitrogens with one attached hydrogen (secondary N) is 1. The van der Waals surface area contributed by atoms with Crippen LogP contribution in [0.2, 0.25) is 0 Å². The lowest BCUT2D eigenvalue weighted by Gasteiger charge is -2.02. The highest BCUT2D eigenvalue weighted by Gasteiger charge is 2.13. The Morgan fingerprint density at radius 3 is 2.71 bits per heavy atom. The summed E-state index contributed by atoms with van der Waals surface area (Å²) in [7, 11) is 0. The van der Waals surface area contributed by atoms with Gasteiger partial charge in [0.2, 0.25) is 11.7 Å². The van der Waals surface area contributed by atoms with E-state index in [0.717, 1.165) is 23.3 Å². The number of carbonyl (C=O) groups is 1. The molecule has 0 saturated carbocycles. The number of hydrogen-bond acceptors (Lipinski definition) is 4. The zero-order valence-corrected chi connectivity index (χ0v) is 12.7. The molecule has 0 atom stereocenters. The van der Waals surface area contributed by atoms with E-state index in [1.807, 2.05) is 31.2 Å². The molecule has 0 aliphatic rings. The minimum atomic E-state index is -1.08. The number of halogens is 2. The first-order valence-corrected chi connectivity index (χ1v) is 7.16. The molecule has 0 aliphatic carbocycles. The van der Waals surface area contributed by atoms with Crippen LogP contribution in [0, 0.1) is 18.6 Å². The van der Waals surface area contributed by atoms with Crippen LogP contribution in [0.1, 0.15) is 21.8 Å². The van der Waals surface area contributed by atoms with Gasteiger partial charge in [0.05, 0.1) is 6.54 Å². The summed E-state index contributed by atoms with van der Waals surface area (Å²) in [4.78, 5) is 16.1. The van der Waals surface area contributed by atoms with Gasteiger partial charge in [0.1, 0.15) is 0 Å². The number of carbonyl (C=O) groups excluding carboxylic acids is 1. The molecule has 122 valence electrons. The second kappa shape index (κ2) is 6.57. The number of hydrogen-bond donors (Lipinski definition) is 1. The molecule has 0 unspecified atom stereocenters. The van der Waals surface area contributed by atoms with Crippen molar-refractivity contribution in [1.82, 2.24) is 15.5 Å². The fourth-order valence-corrected chi connectivity index (χ4v) is 2.16. The van der Waals surface area contributed by atoms with E-state index < -0.39 is 17.5 Å². The van der Waals surface area contributed by atoms with Crippen molar-refractivity contribution in [1.29, 1.82) is 0 Å². The molecule has 7 heteroatoms. The average Bonchev–Trinajstić information content (AvgIpc) is 3.04. The third-order valence-corrected chi connectivity index (χ3v) is 3.44. The molecule has 5 nitrogen and oxygen atoms in total. The van der Waals surface area contributed by atoms with E-state index in [1.54, 1.807) is 0 Å². The van der Waals surface area contributed by atoms with Crippen molar-refractivity contribution in [3.8, 4) is 11.4 Å². The molecule has 0 aliphatic heterocycles. The van der Waals surface area contributed by atoms with Crippen LogP contribution in [0.3, 0.4) is 0 Å². The van der Waals surface area contributed by atoms with Gasteiger partial charge in [-0.05, 0) is 30.7 Å². The Morgan fingerprint density at radius 2 is 1.96 bits per heavy atom. The summed E-state index contributed by atoms with van der Waals surface area (Å²) in [6.07, 6.45) is 0. The van der Waals surface area contributed by atoms with Gasteiger partial charge in [-0.25, -0.2) is 8.78 Å². The summed E-state index contributed by atoms with van der Waals surface area (Å²) in [6, 6.07) is 10.5. The van der Waals surface area contributed by atoms with Crippen LogP contribution in [0.25, 0.3) is 11.4 Å². The maximum Gasteiger partial charge on any atom is 0.251 e. The van der Waals surface area contributed by atoms with Crippen molar-refractivity contribution in [2.45, 2.75) is 13.5 Å². The first-order valence-electron chi connectivity index (χ1n) is 7.16. The van der Waals surface area contributed by atoms with Crippen molar-refractivity contribution in [3.05, 3.63) is 71.1 Å². The van der Waals surface area contributed by atoms with Gasteiger partial charge in [-0.2, -0.15) is 4.98 Å². The number of aryl methyl sites for hydroxylation is 1. The van der Waals surface area contributed by atoms with E-state index in [2.05, 4.69) is 15.5 Å². The molecule has 3 aromatic rings. The van der Waals surface area contributed by atoms with Crippen molar-refractivity contribution in [2.24, 2.45) is 0 Å².